The average molecular weight is 301 g/mol. The van der Waals surface area contributed by atoms with Crippen LogP contribution in [0, 0.1) is 6.92 Å². The summed E-state index contributed by atoms with van der Waals surface area (Å²) >= 11 is 5.32. The minimum atomic E-state index is 0.0979. The number of ether oxygens (including phenoxy) is 1. The molecule has 2 rings (SSSR count). The van der Waals surface area contributed by atoms with Crippen LogP contribution in [0.1, 0.15) is 24.1 Å². The second-order valence-corrected chi connectivity index (χ2v) is 5.22. The van der Waals surface area contributed by atoms with Gasteiger partial charge in [0, 0.05) is 6.20 Å². The van der Waals surface area contributed by atoms with E-state index in [9.17, 15) is 0 Å². The van der Waals surface area contributed by atoms with Gasteiger partial charge in [0.25, 0.3) is 0 Å². The van der Waals surface area contributed by atoms with Crippen molar-refractivity contribution < 1.29 is 4.74 Å². The molecule has 1 unspecified atom stereocenters. The van der Waals surface area contributed by atoms with Gasteiger partial charge in [-0.25, -0.2) is 4.98 Å². The highest BCUT2D eigenvalue weighted by molar-refractivity contribution is 7.80. The minimum absolute atomic E-state index is 0.0979. The van der Waals surface area contributed by atoms with Crippen LogP contribution in [0.15, 0.2) is 42.6 Å². The second kappa shape index (κ2) is 7.04. The van der Waals surface area contributed by atoms with Gasteiger partial charge in [-0.2, -0.15) is 0 Å². The summed E-state index contributed by atoms with van der Waals surface area (Å²) in [7, 11) is 1.66. The summed E-state index contributed by atoms with van der Waals surface area (Å²) in [6.45, 7) is 4.07. The molecule has 2 N–H and O–H groups in total. The predicted molar refractivity (Wildman–Crippen MR) is 89.7 cm³/mol. The van der Waals surface area contributed by atoms with E-state index in [0.29, 0.717) is 5.11 Å². The highest BCUT2D eigenvalue weighted by atomic mass is 32.1. The van der Waals surface area contributed by atoms with E-state index in [4.69, 9.17) is 17.0 Å². The number of methoxy groups -OCH3 is 1. The fourth-order valence-corrected chi connectivity index (χ4v) is 2.21. The Morgan fingerprint density at radius 1 is 1.24 bits per heavy atom. The Morgan fingerprint density at radius 2 is 1.95 bits per heavy atom. The van der Waals surface area contributed by atoms with Gasteiger partial charge < -0.3 is 15.4 Å². The molecule has 0 saturated heterocycles. The zero-order chi connectivity index (χ0) is 15.2. The third kappa shape index (κ3) is 4.43. The fourth-order valence-electron chi connectivity index (χ4n) is 1.93. The molecule has 0 saturated carbocycles. The van der Waals surface area contributed by atoms with Crippen LogP contribution in [-0.2, 0) is 0 Å². The summed E-state index contributed by atoms with van der Waals surface area (Å²) in [4.78, 5) is 4.23. The molecule has 1 atom stereocenters. The number of nitrogens with one attached hydrogen (secondary N) is 2. The standard InChI is InChI=1S/C16H19N3OS/c1-11-8-9-17-15(10-11)19-16(21)18-12(2)13-4-6-14(20-3)7-5-13/h4-10,12H,1-3H3,(H2,17,18,19,21). The van der Waals surface area contributed by atoms with Crippen molar-refractivity contribution in [3.05, 3.63) is 53.7 Å². The van der Waals surface area contributed by atoms with Crippen molar-refractivity contribution in [2.24, 2.45) is 0 Å². The Labute approximate surface area is 130 Å². The molecule has 5 heteroatoms. The molecule has 1 aromatic heterocycles. The SMILES string of the molecule is COc1ccc(C(C)NC(=S)Nc2cc(C)ccn2)cc1. The van der Waals surface area contributed by atoms with Crippen LogP contribution in [0.3, 0.4) is 0 Å². The van der Waals surface area contributed by atoms with Crippen LogP contribution < -0.4 is 15.4 Å². The first-order chi connectivity index (χ1) is 10.1. The molecule has 2 aromatic rings. The van der Waals surface area contributed by atoms with Crippen LogP contribution in [0.25, 0.3) is 0 Å². The third-order valence-electron chi connectivity index (χ3n) is 3.12. The van der Waals surface area contributed by atoms with Gasteiger partial charge in [-0.3, -0.25) is 0 Å². The zero-order valence-electron chi connectivity index (χ0n) is 12.4. The molecule has 4 nitrogen and oxygen atoms in total. The van der Waals surface area contributed by atoms with Crippen molar-refractivity contribution in [3.8, 4) is 5.75 Å². The minimum Gasteiger partial charge on any atom is -0.497 e. The lowest BCUT2D eigenvalue weighted by Crippen LogP contribution is -2.31. The van der Waals surface area contributed by atoms with Gasteiger partial charge in [0.2, 0.25) is 0 Å². The van der Waals surface area contributed by atoms with Crippen LogP contribution >= 0.6 is 12.2 Å². The van der Waals surface area contributed by atoms with Gasteiger partial charge in [-0.1, -0.05) is 12.1 Å². The van der Waals surface area contributed by atoms with Crippen molar-refractivity contribution >= 4 is 23.1 Å². The van der Waals surface area contributed by atoms with Crippen LogP contribution in [0.4, 0.5) is 5.82 Å². The summed E-state index contributed by atoms with van der Waals surface area (Å²) in [5.74, 6) is 1.59. The monoisotopic (exact) mass is 301 g/mol. The van der Waals surface area contributed by atoms with Crippen molar-refractivity contribution in [3.63, 3.8) is 0 Å². The highest BCUT2D eigenvalue weighted by Gasteiger charge is 2.07. The molecule has 1 aromatic carbocycles. The summed E-state index contributed by atoms with van der Waals surface area (Å²) in [6, 6.07) is 11.9. The average Bonchev–Trinajstić information content (AvgIpc) is 2.47. The fraction of sp³-hybridized carbons (Fsp3) is 0.250. The normalized spacial score (nSPS) is 11.6. The van der Waals surface area contributed by atoms with E-state index in [-0.39, 0.29) is 6.04 Å². The largest absolute Gasteiger partial charge is 0.497 e. The van der Waals surface area contributed by atoms with Gasteiger partial charge >= 0.3 is 0 Å². The maximum atomic E-state index is 5.32. The number of hydrogen-bond donors (Lipinski definition) is 2. The Kier molecular flexibility index (Phi) is 5.11. The number of pyridine rings is 1. The Hall–Kier alpha value is -2.14. The molecular formula is C16H19N3OS. The van der Waals surface area contributed by atoms with Gasteiger partial charge in [0.15, 0.2) is 5.11 Å². The summed E-state index contributed by atoms with van der Waals surface area (Å²) < 4.78 is 5.15. The lowest BCUT2D eigenvalue weighted by molar-refractivity contribution is 0.414. The van der Waals surface area contributed by atoms with E-state index in [1.807, 2.05) is 43.3 Å². The van der Waals surface area contributed by atoms with Gasteiger partial charge in [0.1, 0.15) is 11.6 Å². The highest BCUT2D eigenvalue weighted by Crippen LogP contribution is 2.17. The molecular weight excluding hydrogens is 282 g/mol. The lowest BCUT2D eigenvalue weighted by Gasteiger charge is -2.17. The lowest BCUT2D eigenvalue weighted by atomic mass is 10.1. The van der Waals surface area contributed by atoms with Gasteiger partial charge in [-0.05, 0) is 61.5 Å². The first-order valence-electron chi connectivity index (χ1n) is 6.72. The zero-order valence-corrected chi connectivity index (χ0v) is 13.2. The number of hydrogen-bond acceptors (Lipinski definition) is 3. The van der Waals surface area contributed by atoms with E-state index in [1.54, 1.807) is 13.3 Å². The topological polar surface area (TPSA) is 46.2 Å². The first kappa shape index (κ1) is 15.3. The molecule has 0 amide bonds. The molecule has 21 heavy (non-hydrogen) atoms. The molecule has 0 spiro atoms. The molecule has 0 bridgehead atoms. The Bertz CT molecular complexity index is 613. The number of aromatic nitrogens is 1. The maximum absolute atomic E-state index is 5.32. The van der Waals surface area contributed by atoms with Crippen molar-refractivity contribution in [2.75, 3.05) is 12.4 Å². The summed E-state index contributed by atoms with van der Waals surface area (Å²) in [5, 5.41) is 6.88. The van der Waals surface area contributed by atoms with Crippen molar-refractivity contribution in [1.29, 1.82) is 0 Å². The van der Waals surface area contributed by atoms with E-state index in [2.05, 4.69) is 22.5 Å². The van der Waals surface area contributed by atoms with Gasteiger partial charge in [0.05, 0.1) is 13.2 Å². The molecule has 0 fully saturated rings. The number of rotatable bonds is 4. The molecule has 0 aliphatic heterocycles. The molecule has 110 valence electrons. The third-order valence-corrected chi connectivity index (χ3v) is 3.34. The van der Waals surface area contributed by atoms with E-state index >= 15 is 0 Å². The van der Waals surface area contributed by atoms with Crippen LogP contribution in [-0.4, -0.2) is 17.2 Å². The quantitative estimate of drug-likeness (QED) is 0.847. The summed E-state index contributed by atoms with van der Waals surface area (Å²) in [5.41, 5.74) is 2.27. The van der Waals surface area contributed by atoms with Crippen molar-refractivity contribution in [2.45, 2.75) is 19.9 Å². The van der Waals surface area contributed by atoms with Crippen LogP contribution in [0.2, 0.25) is 0 Å². The molecule has 0 aliphatic carbocycles. The predicted octanol–water partition coefficient (Wildman–Crippen LogP) is 3.45. The Morgan fingerprint density at radius 3 is 2.57 bits per heavy atom. The number of thiocarbonyl (C=S) groups is 1. The van der Waals surface area contributed by atoms with E-state index in [0.717, 1.165) is 22.7 Å². The van der Waals surface area contributed by atoms with Crippen molar-refractivity contribution in [1.82, 2.24) is 10.3 Å². The summed E-state index contributed by atoms with van der Waals surface area (Å²) in [6.07, 6.45) is 1.76. The van der Waals surface area contributed by atoms with Crippen LogP contribution in [0.5, 0.6) is 5.75 Å². The van der Waals surface area contributed by atoms with E-state index < -0.39 is 0 Å². The smallest absolute Gasteiger partial charge is 0.172 e. The number of nitrogens with zero attached hydrogens (tertiary/aromatic N) is 1. The molecule has 0 radical (unpaired) electrons. The number of anilines is 1. The number of aryl methyl sites for hydroxylation is 1. The molecule has 0 aliphatic rings. The Balaban J connectivity index is 1.95. The molecule has 1 heterocycles. The maximum Gasteiger partial charge on any atom is 0.172 e. The van der Waals surface area contributed by atoms with E-state index in [1.165, 1.54) is 0 Å². The first-order valence-corrected chi connectivity index (χ1v) is 7.13. The second-order valence-electron chi connectivity index (χ2n) is 4.81. The number of benzene rings is 1. The van der Waals surface area contributed by atoms with Gasteiger partial charge in [-0.15, -0.1) is 0 Å².